The van der Waals surface area contributed by atoms with Gasteiger partial charge in [0.15, 0.2) is 0 Å². The van der Waals surface area contributed by atoms with Gasteiger partial charge < -0.3 is 15.0 Å². The number of nitrogens with zero attached hydrogens (tertiary/aromatic N) is 1. The Morgan fingerprint density at radius 3 is 2.68 bits per heavy atom. The molecule has 2 rings (SSSR count). The van der Waals surface area contributed by atoms with Crippen LogP contribution in [0.5, 0.6) is 0 Å². The van der Waals surface area contributed by atoms with Crippen molar-refractivity contribution in [2.45, 2.75) is 52.7 Å². The summed E-state index contributed by atoms with van der Waals surface area (Å²) < 4.78 is 5.88. The van der Waals surface area contributed by atoms with Gasteiger partial charge in [-0.3, -0.25) is 4.79 Å². The highest BCUT2D eigenvalue weighted by Gasteiger charge is 2.57. The van der Waals surface area contributed by atoms with E-state index in [4.69, 9.17) is 4.74 Å². The van der Waals surface area contributed by atoms with E-state index in [0.717, 1.165) is 26.1 Å². The molecule has 110 valence electrons. The van der Waals surface area contributed by atoms with Crippen LogP contribution in [-0.2, 0) is 9.53 Å². The maximum Gasteiger partial charge on any atom is 0.236 e. The van der Waals surface area contributed by atoms with Crippen molar-refractivity contribution in [3.63, 3.8) is 0 Å². The van der Waals surface area contributed by atoms with Crippen LogP contribution < -0.4 is 5.32 Å². The summed E-state index contributed by atoms with van der Waals surface area (Å²) in [6, 6.07) is 0.414. The molecule has 4 nitrogen and oxygen atoms in total. The van der Waals surface area contributed by atoms with E-state index in [1.807, 2.05) is 18.7 Å². The Kier molecular flexibility index (Phi) is 4.51. The maximum absolute atomic E-state index is 12.1. The predicted octanol–water partition coefficient (Wildman–Crippen LogP) is 1.65. The number of rotatable bonds is 5. The minimum absolute atomic E-state index is 0.147. The number of fused-ring (bicyclic) bond motifs is 1. The third kappa shape index (κ3) is 2.65. The quantitative estimate of drug-likeness (QED) is 0.824. The van der Waals surface area contributed by atoms with Crippen molar-refractivity contribution < 1.29 is 9.53 Å². The minimum atomic E-state index is 0.147. The molecule has 0 aromatic heterocycles. The summed E-state index contributed by atoms with van der Waals surface area (Å²) in [5.41, 5.74) is 0.147. The number of hydrogen-bond donors (Lipinski definition) is 1. The molecular formula is C15H28N2O2. The molecule has 1 saturated heterocycles. The van der Waals surface area contributed by atoms with Crippen molar-refractivity contribution in [2.75, 3.05) is 26.2 Å². The normalized spacial score (nSPS) is 32.3. The summed E-state index contributed by atoms with van der Waals surface area (Å²) in [5.74, 6) is 0.800. The lowest BCUT2D eigenvalue weighted by Crippen LogP contribution is -2.70. The smallest absolute Gasteiger partial charge is 0.236 e. The molecule has 0 aromatic rings. The van der Waals surface area contributed by atoms with Gasteiger partial charge in [0.1, 0.15) is 0 Å². The van der Waals surface area contributed by atoms with E-state index < -0.39 is 0 Å². The third-order valence-corrected chi connectivity index (χ3v) is 4.92. The van der Waals surface area contributed by atoms with Crippen LogP contribution in [-0.4, -0.2) is 49.2 Å². The number of carbonyl (C=O) groups excluding carboxylic acids is 1. The Hall–Kier alpha value is -0.610. The van der Waals surface area contributed by atoms with Gasteiger partial charge in [0.2, 0.25) is 5.91 Å². The Morgan fingerprint density at radius 1 is 1.37 bits per heavy atom. The zero-order valence-corrected chi connectivity index (χ0v) is 12.7. The number of hydrogen-bond acceptors (Lipinski definition) is 3. The molecule has 0 radical (unpaired) electrons. The predicted molar refractivity (Wildman–Crippen MR) is 76.0 cm³/mol. The van der Waals surface area contributed by atoms with Crippen molar-refractivity contribution in [1.82, 2.24) is 10.2 Å². The van der Waals surface area contributed by atoms with Crippen LogP contribution in [0.2, 0.25) is 0 Å². The summed E-state index contributed by atoms with van der Waals surface area (Å²) in [6.45, 7) is 11.5. The van der Waals surface area contributed by atoms with Crippen LogP contribution in [0, 0.1) is 11.3 Å². The van der Waals surface area contributed by atoms with Gasteiger partial charge in [0.25, 0.3) is 0 Å². The van der Waals surface area contributed by atoms with Crippen molar-refractivity contribution in [1.29, 1.82) is 0 Å². The van der Waals surface area contributed by atoms with Crippen LogP contribution in [0.3, 0.4) is 0 Å². The molecule has 1 saturated carbocycles. The molecule has 4 heteroatoms. The second kappa shape index (κ2) is 5.80. The molecule has 0 bridgehead atoms. The van der Waals surface area contributed by atoms with Crippen LogP contribution in [0.15, 0.2) is 0 Å². The highest BCUT2D eigenvalue weighted by Crippen LogP contribution is 2.51. The second-order valence-corrected chi connectivity index (χ2v) is 6.34. The van der Waals surface area contributed by atoms with Crippen molar-refractivity contribution >= 4 is 5.91 Å². The van der Waals surface area contributed by atoms with Gasteiger partial charge in [-0.1, -0.05) is 13.8 Å². The number of carbonyl (C=O) groups is 1. The topological polar surface area (TPSA) is 41.6 Å². The molecule has 2 fully saturated rings. The standard InChI is InChI=1S/C15H28N2O2/c1-5-17(6-2)12(18)10-16-13-11-8-7-9-19-14(11)15(13,3)4/h11,13-14,16H,5-10H2,1-4H3. The fourth-order valence-corrected chi connectivity index (χ4v) is 3.82. The minimum Gasteiger partial charge on any atom is -0.377 e. The maximum atomic E-state index is 12.1. The van der Waals surface area contributed by atoms with E-state index in [1.165, 1.54) is 6.42 Å². The van der Waals surface area contributed by atoms with Crippen LogP contribution >= 0.6 is 0 Å². The average Bonchev–Trinajstić information content (AvgIpc) is 2.40. The van der Waals surface area contributed by atoms with Crippen molar-refractivity contribution in [3.8, 4) is 0 Å². The zero-order valence-electron chi connectivity index (χ0n) is 12.7. The average molecular weight is 268 g/mol. The first-order chi connectivity index (χ1) is 9.02. The van der Waals surface area contributed by atoms with E-state index >= 15 is 0 Å². The summed E-state index contributed by atoms with van der Waals surface area (Å²) in [5, 5.41) is 3.49. The highest BCUT2D eigenvalue weighted by molar-refractivity contribution is 5.78. The lowest BCUT2D eigenvalue weighted by Gasteiger charge is -2.60. The first-order valence-electron chi connectivity index (χ1n) is 7.65. The third-order valence-electron chi connectivity index (χ3n) is 4.92. The van der Waals surface area contributed by atoms with E-state index in [0.29, 0.717) is 24.6 Å². The van der Waals surface area contributed by atoms with Crippen molar-refractivity contribution in [3.05, 3.63) is 0 Å². The Balaban J connectivity index is 1.87. The zero-order chi connectivity index (χ0) is 14.0. The first-order valence-corrected chi connectivity index (χ1v) is 7.65. The van der Waals surface area contributed by atoms with Crippen molar-refractivity contribution in [2.24, 2.45) is 11.3 Å². The lowest BCUT2D eigenvalue weighted by atomic mass is 9.55. The molecule has 2 aliphatic rings. The van der Waals surface area contributed by atoms with E-state index in [-0.39, 0.29) is 11.3 Å². The lowest BCUT2D eigenvalue weighted by molar-refractivity contribution is -0.192. The van der Waals surface area contributed by atoms with Gasteiger partial charge in [0, 0.05) is 37.1 Å². The van der Waals surface area contributed by atoms with E-state index in [2.05, 4.69) is 19.2 Å². The highest BCUT2D eigenvalue weighted by atomic mass is 16.5. The van der Waals surface area contributed by atoms with E-state index in [1.54, 1.807) is 0 Å². The number of nitrogens with one attached hydrogen (secondary N) is 1. The van der Waals surface area contributed by atoms with Gasteiger partial charge >= 0.3 is 0 Å². The monoisotopic (exact) mass is 268 g/mol. The first kappa shape index (κ1) is 14.8. The Bertz CT molecular complexity index is 326. The van der Waals surface area contributed by atoms with Crippen LogP contribution in [0.1, 0.15) is 40.5 Å². The van der Waals surface area contributed by atoms with Gasteiger partial charge in [0.05, 0.1) is 12.6 Å². The fourth-order valence-electron chi connectivity index (χ4n) is 3.82. The molecule has 1 aliphatic carbocycles. The Morgan fingerprint density at radius 2 is 2.05 bits per heavy atom. The van der Waals surface area contributed by atoms with Gasteiger partial charge in [-0.25, -0.2) is 0 Å². The van der Waals surface area contributed by atoms with E-state index in [9.17, 15) is 4.79 Å². The fraction of sp³-hybridized carbons (Fsp3) is 0.933. The summed E-state index contributed by atoms with van der Waals surface area (Å²) >= 11 is 0. The number of amides is 1. The molecule has 1 N–H and O–H groups in total. The molecule has 1 aliphatic heterocycles. The number of ether oxygens (including phenoxy) is 1. The summed E-state index contributed by atoms with van der Waals surface area (Å²) in [7, 11) is 0. The molecule has 3 atom stereocenters. The summed E-state index contributed by atoms with van der Waals surface area (Å²) in [6.07, 6.45) is 2.76. The number of likely N-dealkylation sites (N-methyl/N-ethyl adjacent to an activating group) is 1. The Labute approximate surface area is 116 Å². The molecule has 0 aromatic carbocycles. The SMILES string of the molecule is CCN(CC)C(=O)CNC1C2CCCOC2C1(C)C. The van der Waals surface area contributed by atoms with Crippen LogP contribution in [0.25, 0.3) is 0 Å². The largest absolute Gasteiger partial charge is 0.377 e. The van der Waals surface area contributed by atoms with Gasteiger partial charge in [-0.15, -0.1) is 0 Å². The van der Waals surface area contributed by atoms with Gasteiger partial charge in [-0.05, 0) is 26.7 Å². The second-order valence-electron chi connectivity index (χ2n) is 6.34. The molecule has 3 unspecified atom stereocenters. The molecule has 0 spiro atoms. The molecule has 19 heavy (non-hydrogen) atoms. The molecule has 1 heterocycles. The molecular weight excluding hydrogens is 240 g/mol. The van der Waals surface area contributed by atoms with Gasteiger partial charge in [-0.2, -0.15) is 0 Å². The molecule has 1 amide bonds. The summed E-state index contributed by atoms with van der Waals surface area (Å²) in [4.78, 5) is 13.9. The van der Waals surface area contributed by atoms with Crippen LogP contribution in [0.4, 0.5) is 0 Å².